The molecular formula is C32H28FN9O3S. The van der Waals surface area contributed by atoms with Crippen LogP contribution in [0.25, 0.3) is 43.6 Å². The van der Waals surface area contributed by atoms with E-state index in [2.05, 4.69) is 30.6 Å². The van der Waals surface area contributed by atoms with Crippen molar-refractivity contribution in [1.29, 1.82) is 0 Å². The minimum absolute atomic E-state index is 0.00719. The summed E-state index contributed by atoms with van der Waals surface area (Å²) in [7, 11) is 0. The molecule has 7 rings (SSSR count). The second kappa shape index (κ2) is 11.5. The number of amides is 3. The molecule has 0 saturated carbocycles. The third-order valence-electron chi connectivity index (χ3n) is 8.23. The van der Waals surface area contributed by atoms with Gasteiger partial charge in [-0.2, -0.15) is 15.3 Å². The van der Waals surface area contributed by atoms with E-state index in [1.54, 1.807) is 54.1 Å². The number of rotatable bonds is 7. The Morgan fingerprint density at radius 1 is 1.11 bits per heavy atom. The second-order valence-corrected chi connectivity index (χ2v) is 12.4. The number of anilines is 1. The molecule has 0 spiro atoms. The second-order valence-electron chi connectivity index (χ2n) is 11.2. The molecule has 1 aliphatic rings. The number of nitrogens with zero attached hydrogens (tertiary/aromatic N) is 6. The summed E-state index contributed by atoms with van der Waals surface area (Å²) in [6, 6.07) is 13.5. The van der Waals surface area contributed by atoms with Crippen molar-refractivity contribution >= 4 is 56.6 Å². The molecule has 1 fully saturated rings. The standard InChI is InChI=1S/C32H28FN9O3S/c1-16-17(2)46-32(37-16)24-11-19-4-3-5-23(28(19)38-24)39-31(45)26-12-21(33)14-41(26)27(43)15-42-25-7-6-18(20-8-9-35-36-13-20)10-22(25)29(40-42)30(34)44/h3-11,13,21,26,38H,12,14-15H2,1-2H3,(H2,34,44)(H,39,45)/t21?,26-/m1/s1. The summed E-state index contributed by atoms with van der Waals surface area (Å²) >= 11 is 1.58. The number of benzene rings is 2. The number of aryl methyl sites for hydroxylation is 2. The number of carbonyl (C=O) groups is 3. The number of fused-ring (bicyclic) bond motifs is 2. The van der Waals surface area contributed by atoms with Crippen LogP contribution in [0, 0.1) is 13.8 Å². The number of hydrogen-bond acceptors (Lipinski definition) is 8. The molecule has 4 aromatic heterocycles. The molecule has 1 saturated heterocycles. The van der Waals surface area contributed by atoms with Crippen LogP contribution in [0.2, 0.25) is 0 Å². The highest BCUT2D eigenvalue weighted by molar-refractivity contribution is 7.15. The zero-order valence-corrected chi connectivity index (χ0v) is 25.6. The molecule has 4 N–H and O–H groups in total. The number of nitrogens with one attached hydrogen (secondary N) is 2. The topological polar surface area (TPSA) is 165 Å². The number of halogens is 1. The Morgan fingerprint density at radius 2 is 1.96 bits per heavy atom. The van der Waals surface area contributed by atoms with E-state index in [-0.39, 0.29) is 25.2 Å². The van der Waals surface area contributed by atoms with Crippen molar-refractivity contribution in [3.05, 3.63) is 77.2 Å². The predicted molar refractivity (Wildman–Crippen MR) is 172 cm³/mol. The van der Waals surface area contributed by atoms with Crippen LogP contribution in [0.3, 0.4) is 0 Å². The van der Waals surface area contributed by atoms with Gasteiger partial charge >= 0.3 is 0 Å². The maximum atomic E-state index is 14.8. The van der Waals surface area contributed by atoms with Crippen molar-refractivity contribution < 1.29 is 18.8 Å². The van der Waals surface area contributed by atoms with E-state index in [0.29, 0.717) is 22.1 Å². The van der Waals surface area contributed by atoms with Gasteiger partial charge in [-0.25, -0.2) is 9.37 Å². The monoisotopic (exact) mass is 637 g/mol. The number of primary amides is 1. The number of thiazole rings is 1. The Kier molecular flexibility index (Phi) is 7.28. The lowest BCUT2D eigenvalue weighted by Crippen LogP contribution is -2.44. The van der Waals surface area contributed by atoms with Gasteiger partial charge in [-0.15, -0.1) is 11.3 Å². The largest absolute Gasteiger partial charge is 0.364 e. The Hall–Kier alpha value is -5.50. The van der Waals surface area contributed by atoms with Gasteiger partial charge in [0.05, 0.1) is 47.0 Å². The highest BCUT2D eigenvalue weighted by Gasteiger charge is 2.40. The van der Waals surface area contributed by atoms with Crippen LogP contribution in [0.5, 0.6) is 0 Å². The molecule has 5 heterocycles. The average molecular weight is 638 g/mol. The molecule has 1 unspecified atom stereocenters. The minimum Gasteiger partial charge on any atom is -0.364 e. The van der Waals surface area contributed by atoms with Crippen LogP contribution in [0.15, 0.2) is 60.9 Å². The van der Waals surface area contributed by atoms with E-state index in [9.17, 15) is 18.8 Å². The first-order chi connectivity index (χ1) is 22.2. The van der Waals surface area contributed by atoms with E-state index >= 15 is 0 Å². The summed E-state index contributed by atoms with van der Waals surface area (Å²) in [6.07, 6.45) is 1.62. The summed E-state index contributed by atoms with van der Waals surface area (Å²) in [5, 5.41) is 17.1. The van der Waals surface area contributed by atoms with Crippen molar-refractivity contribution in [3.63, 3.8) is 0 Å². The number of para-hydroxylation sites is 1. The number of likely N-dealkylation sites (tertiary alicyclic amines) is 1. The first-order valence-electron chi connectivity index (χ1n) is 14.5. The maximum absolute atomic E-state index is 14.8. The summed E-state index contributed by atoms with van der Waals surface area (Å²) in [6.45, 7) is 3.41. The smallest absolute Gasteiger partial charge is 0.269 e. The number of aromatic amines is 1. The Balaban J connectivity index is 1.14. The number of aromatic nitrogens is 6. The highest BCUT2D eigenvalue weighted by atomic mass is 32.1. The third kappa shape index (κ3) is 5.26. The summed E-state index contributed by atoms with van der Waals surface area (Å²) < 4.78 is 16.1. The van der Waals surface area contributed by atoms with E-state index < -0.39 is 29.9 Å². The maximum Gasteiger partial charge on any atom is 0.269 e. The fourth-order valence-corrected chi connectivity index (χ4v) is 6.72. The number of carbonyl (C=O) groups excluding carboxylic acids is 3. The van der Waals surface area contributed by atoms with Crippen molar-refractivity contribution in [1.82, 2.24) is 34.8 Å². The van der Waals surface area contributed by atoms with Crippen LogP contribution < -0.4 is 11.1 Å². The molecule has 1 aliphatic heterocycles. The lowest BCUT2D eigenvalue weighted by molar-refractivity contribution is -0.137. The molecule has 0 aliphatic carbocycles. The quantitative estimate of drug-likeness (QED) is 0.234. The fraction of sp³-hybridized carbons (Fsp3) is 0.219. The fourth-order valence-electron chi connectivity index (χ4n) is 5.83. The summed E-state index contributed by atoms with van der Waals surface area (Å²) in [5.41, 5.74) is 10.6. The Bertz CT molecular complexity index is 2140. The summed E-state index contributed by atoms with van der Waals surface area (Å²) in [4.78, 5) is 49.8. The van der Waals surface area contributed by atoms with Gasteiger partial charge in [0.1, 0.15) is 23.8 Å². The molecule has 12 nitrogen and oxygen atoms in total. The van der Waals surface area contributed by atoms with Crippen LogP contribution in [-0.2, 0) is 16.1 Å². The molecule has 232 valence electrons. The van der Waals surface area contributed by atoms with Crippen molar-refractivity contribution in [2.45, 2.75) is 39.0 Å². The van der Waals surface area contributed by atoms with Gasteiger partial charge in [0.2, 0.25) is 11.8 Å². The van der Waals surface area contributed by atoms with Crippen LogP contribution in [0.1, 0.15) is 27.5 Å². The Morgan fingerprint density at radius 3 is 2.70 bits per heavy atom. The molecule has 0 radical (unpaired) electrons. The number of hydrogen-bond donors (Lipinski definition) is 3. The van der Waals surface area contributed by atoms with Gasteiger partial charge in [0.15, 0.2) is 5.69 Å². The van der Waals surface area contributed by atoms with E-state index in [1.165, 1.54) is 9.58 Å². The lowest BCUT2D eigenvalue weighted by Gasteiger charge is -2.24. The normalized spacial score (nSPS) is 16.4. The van der Waals surface area contributed by atoms with Gasteiger partial charge in [-0.1, -0.05) is 18.2 Å². The van der Waals surface area contributed by atoms with E-state index in [1.807, 2.05) is 32.0 Å². The number of alkyl halides is 1. The molecule has 2 atom stereocenters. The van der Waals surface area contributed by atoms with Gasteiger partial charge in [-0.3, -0.25) is 19.1 Å². The zero-order chi connectivity index (χ0) is 32.1. The molecule has 3 amide bonds. The molecule has 0 bridgehead atoms. The first kappa shape index (κ1) is 29.2. The lowest BCUT2D eigenvalue weighted by atomic mass is 10.0. The molecular weight excluding hydrogens is 609 g/mol. The Labute approximate surface area is 265 Å². The van der Waals surface area contributed by atoms with Crippen LogP contribution >= 0.6 is 11.3 Å². The zero-order valence-electron chi connectivity index (χ0n) is 24.8. The van der Waals surface area contributed by atoms with E-state index in [0.717, 1.165) is 37.8 Å². The van der Waals surface area contributed by atoms with Gasteiger partial charge < -0.3 is 20.9 Å². The SMILES string of the molecule is Cc1nc(-c2cc3cccc(NC(=O)[C@H]4CC(F)CN4C(=O)Cn4nc(C(N)=O)c5cc(-c6ccnnc6)ccc54)c3[nH]2)sc1C. The molecule has 6 aromatic rings. The average Bonchev–Trinajstić information content (AvgIpc) is 3.82. The van der Waals surface area contributed by atoms with Crippen LogP contribution in [-0.4, -0.2) is 71.3 Å². The first-order valence-corrected chi connectivity index (χ1v) is 15.4. The molecule has 14 heteroatoms. The third-order valence-corrected chi connectivity index (χ3v) is 9.34. The van der Waals surface area contributed by atoms with Crippen molar-refractivity contribution in [3.8, 4) is 21.8 Å². The number of nitrogens with two attached hydrogens (primary N) is 1. The predicted octanol–water partition coefficient (Wildman–Crippen LogP) is 4.39. The number of H-pyrrole nitrogens is 1. The summed E-state index contributed by atoms with van der Waals surface area (Å²) in [5.74, 6) is -1.78. The van der Waals surface area contributed by atoms with Crippen molar-refractivity contribution in [2.24, 2.45) is 5.73 Å². The van der Waals surface area contributed by atoms with Crippen LogP contribution in [0.4, 0.5) is 10.1 Å². The van der Waals surface area contributed by atoms with Crippen molar-refractivity contribution in [2.75, 3.05) is 11.9 Å². The van der Waals surface area contributed by atoms with Gasteiger partial charge in [-0.05, 0) is 49.7 Å². The molecule has 46 heavy (non-hydrogen) atoms. The van der Waals surface area contributed by atoms with E-state index in [4.69, 9.17) is 5.73 Å². The minimum atomic E-state index is -1.38. The molecule has 2 aromatic carbocycles. The van der Waals surface area contributed by atoms with Gasteiger partial charge in [0, 0.05) is 27.6 Å². The van der Waals surface area contributed by atoms with Gasteiger partial charge in [0.25, 0.3) is 5.91 Å². The highest BCUT2D eigenvalue weighted by Crippen LogP contribution is 2.33.